The van der Waals surface area contributed by atoms with Gasteiger partial charge < -0.3 is 20.6 Å². The van der Waals surface area contributed by atoms with E-state index in [9.17, 15) is 20.1 Å². The summed E-state index contributed by atoms with van der Waals surface area (Å²) in [7, 11) is 0. The molecule has 1 rings (SSSR count). The summed E-state index contributed by atoms with van der Waals surface area (Å²) in [5, 5.41) is 31.3. The van der Waals surface area contributed by atoms with Crippen LogP contribution in [0.3, 0.4) is 0 Å². The Balaban J connectivity index is 2.51. The number of carbonyl (C=O) groups is 1. The van der Waals surface area contributed by atoms with Crippen molar-refractivity contribution in [2.45, 2.75) is 25.6 Å². The molecule has 0 aliphatic rings. The lowest BCUT2D eigenvalue weighted by atomic mass is 10.0. The summed E-state index contributed by atoms with van der Waals surface area (Å²) in [6.07, 6.45) is -1.81. The first-order chi connectivity index (χ1) is 8.00. The molecule has 0 radical (unpaired) electrons. The fourth-order valence-corrected chi connectivity index (χ4v) is 1.48. The molecule has 0 spiro atoms. The van der Waals surface area contributed by atoms with E-state index in [0.717, 1.165) is 0 Å². The van der Waals surface area contributed by atoms with Gasteiger partial charge in [-0.05, 0) is 24.1 Å². The van der Waals surface area contributed by atoms with Gasteiger partial charge >= 0.3 is 0 Å². The second-order valence-corrected chi connectivity index (χ2v) is 3.88. The minimum atomic E-state index is -1.07. The zero-order chi connectivity index (χ0) is 12.8. The molecule has 5 heteroatoms. The molecule has 1 amide bonds. The van der Waals surface area contributed by atoms with Gasteiger partial charge in [0.25, 0.3) is 0 Å². The Morgan fingerprint density at radius 3 is 2.71 bits per heavy atom. The number of hydrogen-bond acceptors (Lipinski definition) is 4. The molecule has 0 bridgehead atoms. The monoisotopic (exact) mass is 239 g/mol. The number of aliphatic hydroxyl groups is 2. The second-order valence-electron chi connectivity index (χ2n) is 3.88. The predicted octanol–water partition coefficient (Wildman–Crippen LogP) is 0.313. The highest BCUT2D eigenvalue weighted by atomic mass is 16.3. The van der Waals surface area contributed by atoms with Gasteiger partial charge in [0, 0.05) is 13.5 Å². The molecule has 2 unspecified atom stereocenters. The van der Waals surface area contributed by atoms with Crippen LogP contribution >= 0.6 is 0 Å². The largest absolute Gasteiger partial charge is 0.508 e. The van der Waals surface area contributed by atoms with Gasteiger partial charge in [-0.3, -0.25) is 4.79 Å². The molecule has 0 saturated heterocycles. The van der Waals surface area contributed by atoms with Crippen LogP contribution in [-0.4, -0.2) is 33.9 Å². The lowest BCUT2D eigenvalue weighted by Crippen LogP contribution is -2.27. The fraction of sp³-hybridized carbons (Fsp3) is 0.417. The smallest absolute Gasteiger partial charge is 0.216 e. The van der Waals surface area contributed by atoms with Gasteiger partial charge in [-0.2, -0.15) is 0 Å². The van der Waals surface area contributed by atoms with Crippen molar-refractivity contribution in [2.24, 2.45) is 0 Å². The molecule has 0 aromatic heterocycles. The number of phenolic OH excluding ortho intramolecular Hbond substituents is 1. The number of phenols is 1. The van der Waals surface area contributed by atoms with Crippen LogP contribution in [0.25, 0.3) is 0 Å². The van der Waals surface area contributed by atoms with Crippen molar-refractivity contribution >= 4 is 5.91 Å². The molecule has 1 aromatic rings. The van der Waals surface area contributed by atoms with Gasteiger partial charge in [-0.15, -0.1) is 0 Å². The quantitative estimate of drug-likeness (QED) is 0.595. The first-order valence-electron chi connectivity index (χ1n) is 5.40. The van der Waals surface area contributed by atoms with Crippen molar-refractivity contribution in [2.75, 3.05) is 6.54 Å². The first-order valence-corrected chi connectivity index (χ1v) is 5.40. The van der Waals surface area contributed by atoms with E-state index in [-0.39, 0.29) is 18.1 Å². The molecule has 4 N–H and O–H groups in total. The fourth-order valence-electron chi connectivity index (χ4n) is 1.48. The molecule has 94 valence electrons. The lowest BCUT2D eigenvalue weighted by molar-refractivity contribution is -0.119. The number of rotatable bonds is 5. The lowest BCUT2D eigenvalue weighted by Gasteiger charge is -2.18. The molecule has 5 nitrogen and oxygen atoms in total. The minimum Gasteiger partial charge on any atom is -0.508 e. The van der Waals surface area contributed by atoms with Crippen LogP contribution in [0, 0.1) is 0 Å². The average molecular weight is 239 g/mol. The number of benzene rings is 1. The molecular formula is C12H17NO4. The van der Waals surface area contributed by atoms with Crippen molar-refractivity contribution in [3.63, 3.8) is 0 Å². The summed E-state index contributed by atoms with van der Waals surface area (Å²) < 4.78 is 0. The third-order valence-corrected chi connectivity index (χ3v) is 2.39. The van der Waals surface area contributed by atoms with Gasteiger partial charge in [0.15, 0.2) is 0 Å². The Morgan fingerprint density at radius 1 is 1.41 bits per heavy atom. The molecule has 0 aliphatic heterocycles. The van der Waals surface area contributed by atoms with Crippen LogP contribution < -0.4 is 5.32 Å². The van der Waals surface area contributed by atoms with Crippen molar-refractivity contribution in [1.82, 2.24) is 5.32 Å². The SMILES string of the molecule is CC(=O)NCCC(O)C(O)c1cccc(O)c1. The zero-order valence-electron chi connectivity index (χ0n) is 9.63. The van der Waals surface area contributed by atoms with E-state index < -0.39 is 12.2 Å². The van der Waals surface area contributed by atoms with Crippen LogP contribution in [0.4, 0.5) is 0 Å². The highest BCUT2D eigenvalue weighted by Gasteiger charge is 2.18. The standard InChI is InChI=1S/C12H17NO4/c1-8(14)13-6-5-11(16)12(17)9-3-2-4-10(15)7-9/h2-4,7,11-12,15-17H,5-6H2,1H3,(H,13,14). The first kappa shape index (κ1) is 13.5. The Bertz CT molecular complexity index is 381. The van der Waals surface area contributed by atoms with Crippen LogP contribution in [0.1, 0.15) is 25.0 Å². The summed E-state index contributed by atoms with van der Waals surface area (Å²) in [5.41, 5.74) is 0.445. The molecule has 1 aromatic carbocycles. The maximum absolute atomic E-state index is 10.6. The summed E-state index contributed by atoms with van der Waals surface area (Å²) in [5.74, 6) is -0.139. The zero-order valence-corrected chi connectivity index (χ0v) is 9.63. The Kier molecular flexibility index (Phi) is 4.93. The number of carbonyl (C=O) groups excluding carboxylic acids is 1. The number of aromatic hydroxyl groups is 1. The molecular weight excluding hydrogens is 222 g/mol. The molecule has 0 aliphatic carbocycles. The highest BCUT2D eigenvalue weighted by Crippen LogP contribution is 2.22. The van der Waals surface area contributed by atoms with E-state index in [0.29, 0.717) is 12.1 Å². The maximum atomic E-state index is 10.6. The molecule has 0 heterocycles. The normalized spacial score (nSPS) is 14.1. The number of aliphatic hydroxyl groups excluding tert-OH is 2. The third-order valence-electron chi connectivity index (χ3n) is 2.39. The van der Waals surface area contributed by atoms with Gasteiger partial charge in [-0.1, -0.05) is 12.1 Å². The van der Waals surface area contributed by atoms with E-state index >= 15 is 0 Å². The number of hydrogen-bond donors (Lipinski definition) is 4. The van der Waals surface area contributed by atoms with Crippen molar-refractivity contribution in [1.29, 1.82) is 0 Å². The Morgan fingerprint density at radius 2 is 2.12 bits per heavy atom. The van der Waals surface area contributed by atoms with Gasteiger partial charge in [0.05, 0.1) is 6.10 Å². The molecule has 2 atom stereocenters. The van der Waals surface area contributed by atoms with Gasteiger partial charge in [-0.25, -0.2) is 0 Å². The third kappa shape index (κ3) is 4.42. The summed E-state index contributed by atoms with van der Waals surface area (Å²) in [4.78, 5) is 10.6. The number of amides is 1. The molecule has 0 saturated carbocycles. The van der Waals surface area contributed by atoms with Crippen LogP contribution in [0.15, 0.2) is 24.3 Å². The highest BCUT2D eigenvalue weighted by molar-refractivity contribution is 5.72. The van der Waals surface area contributed by atoms with Crippen molar-refractivity contribution in [3.8, 4) is 5.75 Å². The average Bonchev–Trinajstić information content (AvgIpc) is 2.27. The van der Waals surface area contributed by atoms with Crippen LogP contribution in [-0.2, 0) is 4.79 Å². The van der Waals surface area contributed by atoms with Gasteiger partial charge in [0.1, 0.15) is 11.9 Å². The predicted molar refractivity (Wildman–Crippen MR) is 62.4 cm³/mol. The van der Waals surface area contributed by atoms with E-state index in [4.69, 9.17) is 0 Å². The second kappa shape index (κ2) is 6.22. The Hall–Kier alpha value is -1.59. The van der Waals surface area contributed by atoms with E-state index in [1.807, 2.05) is 0 Å². The number of nitrogens with one attached hydrogen (secondary N) is 1. The maximum Gasteiger partial charge on any atom is 0.216 e. The van der Waals surface area contributed by atoms with Crippen molar-refractivity contribution in [3.05, 3.63) is 29.8 Å². The molecule has 0 fully saturated rings. The van der Waals surface area contributed by atoms with Crippen LogP contribution in [0.5, 0.6) is 5.75 Å². The topological polar surface area (TPSA) is 89.8 Å². The van der Waals surface area contributed by atoms with Gasteiger partial charge in [0.2, 0.25) is 5.91 Å². The Labute approximate surface area is 99.7 Å². The molecule has 17 heavy (non-hydrogen) atoms. The summed E-state index contributed by atoms with van der Waals surface area (Å²) >= 11 is 0. The minimum absolute atomic E-state index is 0.0376. The van der Waals surface area contributed by atoms with Crippen LogP contribution in [0.2, 0.25) is 0 Å². The summed E-state index contributed by atoms with van der Waals surface area (Å²) in [6.45, 7) is 1.68. The van der Waals surface area contributed by atoms with E-state index in [1.165, 1.54) is 19.1 Å². The summed E-state index contributed by atoms with van der Waals surface area (Å²) in [6, 6.07) is 6.09. The van der Waals surface area contributed by atoms with Crippen molar-refractivity contribution < 1.29 is 20.1 Å². The van der Waals surface area contributed by atoms with E-state index in [2.05, 4.69) is 5.32 Å². The van der Waals surface area contributed by atoms with E-state index in [1.54, 1.807) is 12.1 Å².